The van der Waals surface area contributed by atoms with Gasteiger partial charge in [-0.1, -0.05) is 12.1 Å². The number of ether oxygens (including phenoxy) is 1. The number of aromatic nitrogens is 2. The number of aromatic amines is 1. The summed E-state index contributed by atoms with van der Waals surface area (Å²) in [7, 11) is 1.48. The van der Waals surface area contributed by atoms with E-state index in [0.29, 0.717) is 25.2 Å². The maximum atomic E-state index is 13.9. The molecule has 4 rings (SSSR count). The summed E-state index contributed by atoms with van der Waals surface area (Å²) in [5, 5.41) is 15.6. The van der Waals surface area contributed by atoms with Crippen molar-refractivity contribution < 1.29 is 23.8 Å². The molecule has 2 aromatic rings. The van der Waals surface area contributed by atoms with Gasteiger partial charge in [0.05, 0.1) is 12.2 Å². The summed E-state index contributed by atoms with van der Waals surface area (Å²) in [5.74, 6) is -1.11. The fraction of sp³-hybridized carbons (Fsp3) is 0.450. The lowest BCUT2D eigenvalue weighted by molar-refractivity contribution is -0.136. The zero-order valence-corrected chi connectivity index (χ0v) is 16.0. The van der Waals surface area contributed by atoms with Crippen molar-refractivity contribution in [2.45, 2.75) is 12.6 Å². The number of fused-ring (bicyclic) bond motifs is 1. The summed E-state index contributed by atoms with van der Waals surface area (Å²) in [4.78, 5) is 27.9. The average molecular weight is 402 g/mol. The van der Waals surface area contributed by atoms with Crippen LogP contribution in [0, 0.1) is 17.7 Å². The number of H-pyrrole nitrogens is 1. The summed E-state index contributed by atoms with van der Waals surface area (Å²) in [5.41, 5.74) is 1.51. The Morgan fingerprint density at radius 2 is 2.17 bits per heavy atom. The Hall–Kier alpha value is -2.78. The van der Waals surface area contributed by atoms with E-state index >= 15 is 0 Å². The Bertz CT molecular complexity index is 917. The number of carboxylic acid groups (broad SMARTS) is 1. The van der Waals surface area contributed by atoms with Gasteiger partial charge in [0.15, 0.2) is 0 Å². The zero-order chi connectivity index (χ0) is 20.5. The van der Waals surface area contributed by atoms with Crippen LogP contribution in [0.1, 0.15) is 27.7 Å². The van der Waals surface area contributed by atoms with Crippen molar-refractivity contribution in [1.82, 2.24) is 20.0 Å². The molecule has 0 aliphatic carbocycles. The Morgan fingerprint density at radius 3 is 2.90 bits per heavy atom. The van der Waals surface area contributed by atoms with Crippen LogP contribution in [-0.4, -0.2) is 70.3 Å². The third-order valence-electron chi connectivity index (χ3n) is 5.84. The first kappa shape index (κ1) is 19.5. The molecule has 2 aliphatic heterocycles. The number of hydrogen-bond acceptors (Lipinski definition) is 5. The molecule has 0 saturated carbocycles. The van der Waals surface area contributed by atoms with Crippen LogP contribution in [0.4, 0.5) is 4.39 Å². The Morgan fingerprint density at radius 1 is 1.34 bits per heavy atom. The monoisotopic (exact) mass is 402 g/mol. The number of amides is 1. The molecule has 1 amide bonds. The highest BCUT2D eigenvalue weighted by atomic mass is 19.1. The van der Waals surface area contributed by atoms with Crippen molar-refractivity contribution in [2.75, 3.05) is 33.4 Å². The zero-order valence-electron chi connectivity index (χ0n) is 16.0. The smallest absolute Gasteiger partial charge is 0.354 e. The average Bonchev–Trinajstić information content (AvgIpc) is 3.36. The van der Waals surface area contributed by atoms with Crippen molar-refractivity contribution in [1.29, 1.82) is 0 Å². The number of likely N-dealkylation sites (tertiary alicyclic amines) is 2. The number of rotatable bonds is 6. The quantitative estimate of drug-likeness (QED) is 0.760. The van der Waals surface area contributed by atoms with E-state index in [0.717, 1.165) is 12.1 Å². The van der Waals surface area contributed by atoms with Crippen LogP contribution >= 0.6 is 0 Å². The predicted octanol–water partition coefficient (Wildman–Crippen LogP) is 1.52. The summed E-state index contributed by atoms with van der Waals surface area (Å²) < 4.78 is 18.9. The lowest BCUT2D eigenvalue weighted by Gasteiger charge is -2.30. The number of nitrogens with zero attached hydrogens (tertiary/aromatic N) is 3. The Labute approximate surface area is 167 Å². The molecule has 1 aromatic heterocycles. The molecule has 0 spiro atoms. The van der Waals surface area contributed by atoms with Gasteiger partial charge in [-0.15, -0.1) is 0 Å². The van der Waals surface area contributed by atoms with Crippen LogP contribution in [-0.2, 0) is 16.1 Å². The van der Waals surface area contributed by atoms with Gasteiger partial charge in [0.1, 0.15) is 18.1 Å². The molecule has 2 fully saturated rings. The van der Waals surface area contributed by atoms with Crippen molar-refractivity contribution in [3.63, 3.8) is 0 Å². The maximum Gasteiger partial charge on any atom is 0.354 e. The second-order valence-electron chi connectivity index (χ2n) is 7.67. The molecule has 0 bridgehead atoms. The largest absolute Gasteiger partial charge is 0.477 e. The molecule has 3 atom stereocenters. The van der Waals surface area contributed by atoms with Crippen LogP contribution in [0.2, 0.25) is 0 Å². The van der Waals surface area contributed by atoms with Gasteiger partial charge in [-0.3, -0.25) is 14.8 Å². The van der Waals surface area contributed by atoms with Crippen LogP contribution < -0.4 is 0 Å². The normalized spacial score (nSPS) is 24.1. The van der Waals surface area contributed by atoms with Gasteiger partial charge in [-0.2, -0.15) is 5.10 Å². The number of aromatic carboxylic acids is 1. The molecule has 154 valence electrons. The maximum absolute atomic E-state index is 13.9. The van der Waals surface area contributed by atoms with Crippen LogP contribution in [0.15, 0.2) is 30.5 Å². The third-order valence-corrected chi connectivity index (χ3v) is 5.84. The van der Waals surface area contributed by atoms with E-state index in [-0.39, 0.29) is 41.9 Å². The number of carbonyl (C=O) groups is 2. The molecule has 29 heavy (non-hydrogen) atoms. The molecule has 0 unspecified atom stereocenters. The summed E-state index contributed by atoms with van der Waals surface area (Å²) in [6, 6.07) is 6.16. The third kappa shape index (κ3) is 3.75. The van der Waals surface area contributed by atoms with Gasteiger partial charge >= 0.3 is 5.97 Å². The molecule has 3 heterocycles. The minimum Gasteiger partial charge on any atom is -0.477 e. The van der Waals surface area contributed by atoms with E-state index in [1.54, 1.807) is 11.0 Å². The predicted molar refractivity (Wildman–Crippen MR) is 101 cm³/mol. The van der Waals surface area contributed by atoms with E-state index < -0.39 is 5.97 Å². The van der Waals surface area contributed by atoms with Gasteiger partial charge in [-0.25, -0.2) is 9.18 Å². The lowest BCUT2D eigenvalue weighted by atomic mass is 9.89. The first-order valence-electron chi connectivity index (χ1n) is 9.49. The molecular formula is C20H23FN4O4. The molecule has 8 nitrogen and oxygen atoms in total. The summed E-state index contributed by atoms with van der Waals surface area (Å²) in [6.45, 7) is 2.45. The molecule has 0 radical (unpaired) electrons. The SMILES string of the molecule is COCC(=O)N1C[C@H]2CN(Cc3cn[nH]c3C(=O)O)C[C@H]2[C@@H]1c1cccc(F)c1. The minimum absolute atomic E-state index is 0.00798. The summed E-state index contributed by atoms with van der Waals surface area (Å²) >= 11 is 0. The number of hydrogen-bond donors (Lipinski definition) is 2. The van der Waals surface area contributed by atoms with Gasteiger partial charge in [-0.05, 0) is 23.6 Å². The highest BCUT2D eigenvalue weighted by Gasteiger charge is 2.49. The number of methoxy groups -OCH3 is 1. The number of benzene rings is 1. The molecule has 9 heteroatoms. The van der Waals surface area contributed by atoms with Crippen molar-refractivity contribution >= 4 is 11.9 Å². The van der Waals surface area contributed by atoms with Gasteiger partial charge in [0.25, 0.3) is 0 Å². The van der Waals surface area contributed by atoms with E-state index in [2.05, 4.69) is 15.1 Å². The van der Waals surface area contributed by atoms with E-state index in [1.165, 1.54) is 25.4 Å². The van der Waals surface area contributed by atoms with Crippen LogP contribution in [0.5, 0.6) is 0 Å². The Balaban J connectivity index is 1.56. The molecule has 2 N–H and O–H groups in total. The highest BCUT2D eigenvalue weighted by Crippen LogP contribution is 2.45. The highest BCUT2D eigenvalue weighted by molar-refractivity contribution is 5.86. The first-order valence-corrected chi connectivity index (χ1v) is 9.49. The summed E-state index contributed by atoms with van der Waals surface area (Å²) in [6.07, 6.45) is 1.54. The second-order valence-corrected chi connectivity index (χ2v) is 7.67. The van der Waals surface area contributed by atoms with Gasteiger partial charge < -0.3 is 14.7 Å². The van der Waals surface area contributed by atoms with E-state index in [9.17, 15) is 19.1 Å². The van der Waals surface area contributed by atoms with Gasteiger partial charge in [0, 0.05) is 44.8 Å². The molecular weight excluding hydrogens is 379 g/mol. The van der Waals surface area contributed by atoms with Crippen LogP contribution in [0.25, 0.3) is 0 Å². The number of carbonyl (C=O) groups excluding carboxylic acids is 1. The minimum atomic E-state index is -1.04. The van der Waals surface area contributed by atoms with Crippen molar-refractivity contribution in [2.24, 2.45) is 11.8 Å². The fourth-order valence-corrected chi connectivity index (χ4v) is 4.70. The molecule has 2 aliphatic rings. The fourth-order valence-electron chi connectivity index (χ4n) is 4.70. The number of carboxylic acids is 1. The van der Waals surface area contributed by atoms with E-state index in [1.807, 2.05) is 6.07 Å². The van der Waals surface area contributed by atoms with Gasteiger partial charge in [0.2, 0.25) is 5.91 Å². The standard InChI is InChI=1S/C20H23FN4O4/c1-29-11-17(26)25-9-14-8-24(7-13-6-22-23-18(13)20(27)28)10-16(14)19(25)12-3-2-4-15(21)5-12/h2-6,14,16,19H,7-11H2,1H3,(H,22,23)(H,27,28)/t14-,16-,19+/m1/s1. The lowest BCUT2D eigenvalue weighted by Crippen LogP contribution is -2.37. The van der Waals surface area contributed by atoms with Crippen molar-refractivity contribution in [3.05, 3.63) is 53.1 Å². The second kappa shape index (κ2) is 7.92. The topological polar surface area (TPSA) is 98.8 Å². The van der Waals surface area contributed by atoms with Crippen molar-refractivity contribution in [3.8, 4) is 0 Å². The number of halogens is 1. The molecule has 2 saturated heterocycles. The van der Waals surface area contributed by atoms with E-state index in [4.69, 9.17) is 4.74 Å². The first-order chi connectivity index (χ1) is 14.0. The number of nitrogens with one attached hydrogen (secondary N) is 1. The van der Waals surface area contributed by atoms with Crippen LogP contribution in [0.3, 0.4) is 0 Å². The molecule has 1 aromatic carbocycles. The Kier molecular flexibility index (Phi) is 5.33.